The summed E-state index contributed by atoms with van der Waals surface area (Å²) < 4.78 is 2.15. The molecule has 33 heavy (non-hydrogen) atoms. The predicted molar refractivity (Wildman–Crippen MR) is 130 cm³/mol. The van der Waals surface area contributed by atoms with Gasteiger partial charge in [0.1, 0.15) is 0 Å². The number of aromatic nitrogens is 3. The van der Waals surface area contributed by atoms with Gasteiger partial charge in [0.05, 0.1) is 11.8 Å². The quantitative estimate of drug-likeness (QED) is 0.613. The van der Waals surface area contributed by atoms with Crippen molar-refractivity contribution in [3.05, 3.63) is 36.2 Å². The predicted octanol–water partition coefficient (Wildman–Crippen LogP) is 4.43. The monoisotopic (exact) mass is 465 g/mol. The Bertz CT molecular complexity index is 964. The van der Waals surface area contributed by atoms with E-state index in [0.717, 1.165) is 54.1 Å². The van der Waals surface area contributed by atoms with Gasteiger partial charge in [-0.3, -0.25) is 14.3 Å². The van der Waals surface area contributed by atoms with Gasteiger partial charge in [-0.15, -0.1) is 10.2 Å². The van der Waals surface area contributed by atoms with E-state index in [1.165, 1.54) is 63.1 Å². The Hall–Kier alpha value is -1.86. The lowest BCUT2D eigenvalue weighted by Crippen LogP contribution is -2.60. The van der Waals surface area contributed by atoms with Crippen molar-refractivity contribution in [1.29, 1.82) is 0 Å². The van der Waals surface area contributed by atoms with Crippen molar-refractivity contribution in [2.75, 3.05) is 13.1 Å². The SMILES string of the molecule is C[C@H](Sc1nnc(CN2CCCC2)n1-c1ccccc1)C(=O)NC12CC3CC(CC(C3)C1)C2. The van der Waals surface area contributed by atoms with E-state index in [1.807, 2.05) is 25.1 Å². The summed E-state index contributed by atoms with van der Waals surface area (Å²) in [7, 11) is 0. The summed E-state index contributed by atoms with van der Waals surface area (Å²) in [6, 6.07) is 10.3. The minimum Gasteiger partial charge on any atom is -0.350 e. The van der Waals surface area contributed by atoms with E-state index < -0.39 is 0 Å². The largest absolute Gasteiger partial charge is 0.350 e. The molecule has 1 aliphatic heterocycles. The molecule has 1 aromatic carbocycles. The molecule has 5 fully saturated rings. The van der Waals surface area contributed by atoms with Crippen LogP contribution in [0.4, 0.5) is 0 Å². The van der Waals surface area contributed by atoms with Gasteiger partial charge in [-0.1, -0.05) is 30.0 Å². The summed E-state index contributed by atoms with van der Waals surface area (Å²) in [5.74, 6) is 3.60. The molecule has 4 aliphatic carbocycles. The summed E-state index contributed by atoms with van der Waals surface area (Å²) in [5.41, 5.74) is 1.11. The van der Waals surface area contributed by atoms with Crippen molar-refractivity contribution in [1.82, 2.24) is 25.0 Å². The number of nitrogens with one attached hydrogen (secondary N) is 1. The number of thioether (sulfide) groups is 1. The van der Waals surface area contributed by atoms with Gasteiger partial charge < -0.3 is 5.32 Å². The Morgan fingerprint density at radius 1 is 1.06 bits per heavy atom. The summed E-state index contributed by atoms with van der Waals surface area (Å²) in [4.78, 5) is 15.8. The van der Waals surface area contributed by atoms with Crippen molar-refractivity contribution < 1.29 is 4.79 Å². The minimum atomic E-state index is -0.204. The average Bonchev–Trinajstić information content (AvgIpc) is 3.43. The smallest absolute Gasteiger partial charge is 0.233 e. The molecule has 4 bridgehead atoms. The van der Waals surface area contributed by atoms with E-state index in [1.54, 1.807) is 0 Å². The fourth-order valence-corrected chi connectivity index (χ4v) is 8.18. The second kappa shape index (κ2) is 8.73. The molecule has 176 valence electrons. The molecule has 1 saturated heterocycles. The van der Waals surface area contributed by atoms with Crippen LogP contribution in [-0.2, 0) is 11.3 Å². The van der Waals surface area contributed by atoms with Crippen LogP contribution >= 0.6 is 11.8 Å². The molecule has 5 aliphatic rings. The molecule has 7 heteroatoms. The van der Waals surface area contributed by atoms with Gasteiger partial charge in [0.15, 0.2) is 11.0 Å². The van der Waals surface area contributed by atoms with E-state index in [2.05, 4.69) is 37.1 Å². The standard InChI is InChI=1S/C26H35N5OS/c1-18(24(32)27-26-14-19-11-20(15-26)13-21(12-19)16-26)33-25-29-28-23(17-30-9-5-6-10-30)31(25)22-7-3-2-4-8-22/h2-4,7-8,18-21H,5-6,9-17H2,1H3,(H,27,32)/t18-,19?,20?,21?,26?/m0/s1. The van der Waals surface area contributed by atoms with Gasteiger partial charge in [-0.2, -0.15) is 0 Å². The Morgan fingerprint density at radius 3 is 2.33 bits per heavy atom. The first-order valence-electron chi connectivity index (χ1n) is 12.8. The van der Waals surface area contributed by atoms with Crippen LogP contribution in [0.15, 0.2) is 35.5 Å². The van der Waals surface area contributed by atoms with Crippen LogP contribution < -0.4 is 5.32 Å². The fourth-order valence-electron chi connectivity index (χ4n) is 7.29. The molecule has 1 amide bonds. The Labute approximate surface area is 200 Å². The van der Waals surface area contributed by atoms with E-state index in [-0.39, 0.29) is 16.7 Å². The maximum Gasteiger partial charge on any atom is 0.233 e. The number of carbonyl (C=O) groups excluding carboxylic acids is 1. The van der Waals surface area contributed by atoms with Crippen LogP contribution in [0.1, 0.15) is 64.1 Å². The zero-order valence-corrected chi connectivity index (χ0v) is 20.4. The Kier molecular flexibility index (Phi) is 5.73. The second-order valence-electron chi connectivity index (χ2n) is 11.0. The van der Waals surface area contributed by atoms with Crippen molar-refractivity contribution >= 4 is 17.7 Å². The van der Waals surface area contributed by atoms with Gasteiger partial charge >= 0.3 is 0 Å². The van der Waals surface area contributed by atoms with Gasteiger partial charge in [-0.25, -0.2) is 0 Å². The Balaban J connectivity index is 1.19. The lowest BCUT2D eigenvalue weighted by molar-refractivity contribution is -0.126. The van der Waals surface area contributed by atoms with Crippen molar-refractivity contribution in [2.24, 2.45) is 17.8 Å². The summed E-state index contributed by atoms with van der Waals surface area (Å²) in [5, 5.41) is 13.3. The third-order valence-corrected chi connectivity index (χ3v) is 9.40. The molecule has 7 rings (SSSR count). The van der Waals surface area contributed by atoms with Crippen molar-refractivity contribution in [2.45, 2.75) is 80.8 Å². The number of hydrogen-bond acceptors (Lipinski definition) is 5. The molecule has 1 atom stereocenters. The third-order valence-electron chi connectivity index (χ3n) is 8.36. The number of para-hydroxylation sites is 1. The number of hydrogen-bond donors (Lipinski definition) is 1. The minimum absolute atomic E-state index is 0.0503. The van der Waals surface area contributed by atoms with Gasteiger partial charge in [0.2, 0.25) is 5.91 Å². The van der Waals surface area contributed by atoms with E-state index >= 15 is 0 Å². The lowest BCUT2D eigenvalue weighted by Gasteiger charge is -2.57. The maximum atomic E-state index is 13.4. The molecular weight excluding hydrogens is 430 g/mol. The molecule has 2 heterocycles. The molecule has 6 nitrogen and oxygen atoms in total. The van der Waals surface area contributed by atoms with E-state index in [9.17, 15) is 4.79 Å². The molecule has 4 saturated carbocycles. The highest BCUT2D eigenvalue weighted by molar-refractivity contribution is 8.00. The summed E-state index contributed by atoms with van der Waals surface area (Å²) in [6.45, 7) is 5.06. The molecule has 1 aromatic heterocycles. The number of likely N-dealkylation sites (tertiary alicyclic amines) is 1. The molecule has 0 spiro atoms. The molecule has 1 N–H and O–H groups in total. The lowest BCUT2D eigenvalue weighted by atomic mass is 9.53. The molecule has 0 unspecified atom stereocenters. The van der Waals surface area contributed by atoms with Crippen LogP contribution in [0.5, 0.6) is 0 Å². The number of amides is 1. The van der Waals surface area contributed by atoms with E-state index in [0.29, 0.717) is 0 Å². The highest BCUT2D eigenvalue weighted by Crippen LogP contribution is 2.55. The van der Waals surface area contributed by atoms with Crippen molar-refractivity contribution in [3.8, 4) is 5.69 Å². The molecule has 2 aromatic rings. The van der Waals surface area contributed by atoms with Crippen LogP contribution in [0.2, 0.25) is 0 Å². The Morgan fingerprint density at radius 2 is 1.70 bits per heavy atom. The van der Waals surface area contributed by atoms with Crippen LogP contribution in [0.25, 0.3) is 5.69 Å². The molecule has 0 radical (unpaired) electrons. The zero-order valence-electron chi connectivity index (χ0n) is 19.6. The highest BCUT2D eigenvalue weighted by atomic mass is 32.2. The second-order valence-corrected chi connectivity index (χ2v) is 12.3. The van der Waals surface area contributed by atoms with Crippen LogP contribution in [-0.4, -0.2) is 49.4 Å². The summed E-state index contributed by atoms with van der Waals surface area (Å²) in [6.07, 6.45) is 10.2. The first-order valence-corrected chi connectivity index (χ1v) is 13.7. The van der Waals surface area contributed by atoms with Crippen LogP contribution in [0.3, 0.4) is 0 Å². The fraction of sp³-hybridized carbons (Fsp3) is 0.654. The topological polar surface area (TPSA) is 63.1 Å². The van der Waals surface area contributed by atoms with Crippen LogP contribution in [0, 0.1) is 17.8 Å². The average molecular weight is 466 g/mol. The number of carbonyl (C=O) groups is 1. The molecular formula is C26H35N5OS. The van der Waals surface area contributed by atoms with Crippen molar-refractivity contribution in [3.63, 3.8) is 0 Å². The highest BCUT2D eigenvalue weighted by Gasteiger charge is 2.51. The van der Waals surface area contributed by atoms with Gasteiger partial charge in [0.25, 0.3) is 0 Å². The maximum absolute atomic E-state index is 13.4. The van der Waals surface area contributed by atoms with Gasteiger partial charge in [-0.05, 0) is 101 Å². The van der Waals surface area contributed by atoms with Gasteiger partial charge in [0, 0.05) is 11.2 Å². The normalized spacial score (nSPS) is 31.7. The third kappa shape index (κ3) is 4.34. The number of rotatable bonds is 7. The number of benzene rings is 1. The number of nitrogens with zero attached hydrogens (tertiary/aromatic N) is 4. The first-order chi connectivity index (χ1) is 16.1. The zero-order chi connectivity index (χ0) is 22.4. The summed E-state index contributed by atoms with van der Waals surface area (Å²) >= 11 is 1.54. The van der Waals surface area contributed by atoms with E-state index in [4.69, 9.17) is 0 Å². The first kappa shape index (κ1) is 21.7.